The molecular formula is C19H23ClN4O4. The minimum Gasteiger partial charge on any atom is -0.478 e. The number of fused-ring (bicyclic) bond motifs is 1. The summed E-state index contributed by atoms with van der Waals surface area (Å²) in [6.07, 6.45) is -0.535. The van der Waals surface area contributed by atoms with E-state index < -0.39 is 12.1 Å². The van der Waals surface area contributed by atoms with Crippen LogP contribution in [0.4, 0.5) is 5.82 Å². The smallest absolute Gasteiger partial charge is 0.335 e. The number of amides is 1. The number of aliphatic hydroxyl groups is 1. The first kappa shape index (κ1) is 20.3. The number of anilines is 1. The predicted octanol–water partition coefficient (Wildman–Crippen LogP) is 2.04. The minimum atomic E-state index is -1.04. The van der Waals surface area contributed by atoms with Crippen LogP contribution in [0.25, 0.3) is 10.9 Å². The highest BCUT2D eigenvalue weighted by Crippen LogP contribution is 2.27. The van der Waals surface area contributed by atoms with Crippen LogP contribution in [-0.2, 0) is 4.79 Å². The first-order valence-electron chi connectivity index (χ1n) is 9.18. The molecule has 0 spiro atoms. The molecule has 1 aromatic carbocycles. The van der Waals surface area contributed by atoms with Crippen molar-refractivity contribution < 1.29 is 19.8 Å². The summed E-state index contributed by atoms with van der Waals surface area (Å²) in [5.41, 5.74) is 0.587. The second-order valence-corrected chi connectivity index (χ2v) is 7.65. The number of carbonyl (C=O) groups excluding carboxylic acids is 1. The number of carboxylic acids is 1. The van der Waals surface area contributed by atoms with Crippen molar-refractivity contribution >= 4 is 40.2 Å². The molecule has 1 fully saturated rings. The zero-order chi connectivity index (χ0) is 20.4. The second-order valence-electron chi connectivity index (χ2n) is 7.31. The molecule has 1 unspecified atom stereocenters. The summed E-state index contributed by atoms with van der Waals surface area (Å²) >= 11 is 6.05. The summed E-state index contributed by atoms with van der Waals surface area (Å²) in [5, 5.41) is 20.0. The van der Waals surface area contributed by atoms with Gasteiger partial charge in [-0.2, -0.15) is 4.98 Å². The third kappa shape index (κ3) is 4.34. The van der Waals surface area contributed by atoms with E-state index in [0.29, 0.717) is 49.3 Å². The van der Waals surface area contributed by atoms with E-state index in [0.717, 1.165) is 0 Å². The van der Waals surface area contributed by atoms with Crippen LogP contribution in [0.1, 0.15) is 30.6 Å². The SMILES string of the molecule is CC(C)CC(O)C(=O)N1CCN(c2nc(Cl)nc3cc(C(=O)O)ccc23)CC1. The minimum absolute atomic E-state index is 0.0379. The topological polar surface area (TPSA) is 107 Å². The highest BCUT2D eigenvalue weighted by Gasteiger charge is 2.28. The van der Waals surface area contributed by atoms with E-state index in [4.69, 9.17) is 16.7 Å². The lowest BCUT2D eigenvalue weighted by atomic mass is 10.0. The Kier molecular flexibility index (Phi) is 6.00. The summed E-state index contributed by atoms with van der Waals surface area (Å²) in [5.74, 6) is -0.428. The van der Waals surface area contributed by atoms with E-state index in [2.05, 4.69) is 9.97 Å². The van der Waals surface area contributed by atoms with E-state index >= 15 is 0 Å². The second kappa shape index (κ2) is 8.28. The van der Waals surface area contributed by atoms with Gasteiger partial charge in [0.1, 0.15) is 11.9 Å². The zero-order valence-corrected chi connectivity index (χ0v) is 16.6. The molecule has 1 amide bonds. The van der Waals surface area contributed by atoms with Gasteiger partial charge >= 0.3 is 5.97 Å². The summed E-state index contributed by atoms with van der Waals surface area (Å²) in [6.45, 7) is 5.92. The van der Waals surface area contributed by atoms with Crippen molar-refractivity contribution in [2.45, 2.75) is 26.4 Å². The van der Waals surface area contributed by atoms with Crippen LogP contribution in [0.15, 0.2) is 18.2 Å². The summed E-state index contributed by atoms with van der Waals surface area (Å²) in [4.78, 5) is 35.7. The van der Waals surface area contributed by atoms with Crippen molar-refractivity contribution in [3.8, 4) is 0 Å². The summed E-state index contributed by atoms with van der Waals surface area (Å²) in [7, 11) is 0. The fourth-order valence-corrected chi connectivity index (χ4v) is 3.53. The van der Waals surface area contributed by atoms with Crippen molar-refractivity contribution in [3.05, 3.63) is 29.0 Å². The van der Waals surface area contributed by atoms with Crippen LogP contribution < -0.4 is 4.90 Å². The molecular weight excluding hydrogens is 384 g/mol. The number of halogens is 1. The lowest BCUT2D eigenvalue weighted by Crippen LogP contribution is -2.52. The average molecular weight is 407 g/mol. The molecule has 1 aromatic heterocycles. The molecule has 150 valence electrons. The summed E-state index contributed by atoms with van der Waals surface area (Å²) < 4.78 is 0. The molecule has 0 saturated carbocycles. The molecule has 1 aliphatic heterocycles. The van der Waals surface area contributed by atoms with Crippen LogP contribution in [-0.4, -0.2) is 69.2 Å². The van der Waals surface area contributed by atoms with E-state index in [9.17, 15) is 14.7 Å². The first-order chi connectivity index (χ1) is 13.3. The largest absolute Gasteiger partial charge is 0.478 e. The number of aromatic carboxylic acids is 1. The van der Waals surface area contributed by atoms with Gasteiger partial charge in [-0.05, 0) is 42.1 Å². The number of rotatable bonds is 5. The summed E-state index contributed by atoms with van der Waals surface area (Å²) in [6, 6.07) is 4.65. The first-order valence-corrected chi connectivity index (χ1v) is 9.56. The molecule has 0 aliphatic carbocycles. The normalized spacial score (nSPS) is 15.9. The Balaban J connectivity index is 1.78. The van der Waals surface area contributed by atoms with Crippen molar-refractivity contribution in [1.29, 1.82) is 0 Å². The number of carbonyl (C=O) groups is 2. The van der Waals surface area contributed by atoms with Gasteiger partial charge in [-0.3, -0.25) is 4.79 Å². The molecule has 9 heteroatoms. The maximum absolute atomic E-state index is 12.4. The van der Waals surface area contributed by atoms with Gasteiger partial charge in [0.05, 0.1) is 11.1 Å². The molecule has 3 rings (SSSR count). The van der Waals surface area contributed by atoms with Crippen molar-refractivity contribution in [2.24, 2.45) is 5.92 Å². The Hall–Kier alpha value is -2.45. The highest BCUT2D eigenvalue weighted by molar-refractivity contribution is 6.28. The highest BCUT2D eigenvalue weighted by atomic mass is 35.5. The van der Waals surface area contributed by atoms with E-state index in [1.165, 1.54) is 12.1 Å². The van der Waals surface area contributed by atoms with Crippen LogP contribution in [0.3, 0.4) is 0 Å². The van der Waals surface area contributed by atoms with Crippen LogP contribution >= 0.6 is 11.6 Å². The number of carboxylic acid groups (broad SMARTS) is 1. The van der Waals surface area contributed by atoms with Crippen molar-refractivity contribution in [3.63, 3.8) is 0 Å². The van der Waals surface area contributed by atoms with Crippen LogP contribution in [0.2, 0.25) is 5.28 Å². The number of aromatic nitrogens is 2. The molecule has 28 heavy (non-hydrogen) atoms. The molecule has 1 saturated heterocycles. The van der Waals surface area contributed by atoms with Gasteiger partial charge in [0.15, 0.2) is 0 Å². The van der Waals surface area contributed by atoms with Gasteiger partial charge in [-0.25, -0.2) is 9.78 Å². The third-order valence-electron chi connectivity index (χ3n) is 4.77. The number of hydrogen-bond donors (Lipinski definition) is 2. The average Bonchev–Trinajstić information content (AvgIpc) is 2.65. The van der Waals surface area contributed by atoms with E-state index in [-0.39, 0.29) is 22.7 Å². The molecule has 1 atom stereocenters. The van der Waals surface area contributed by atoms with Gasteiger partial charge in [0, 0.05) is 31.6 Å². The van der Waals surface area contributed by atoms with Crippen molar-refractivity contribution in [2.75, 3.05) is 31.1 Å². The molecule has 0 radical (unpaired) electrons. The number of benzene rings is 1. The standard InChI is InChI=1S/C19H23ClN4O4/c1-11(2)9-15(25)17(26)24-7-5-23(6-8-24)16-13-4-3-12(18(27)28)10-14(13)21-19(20)22-16/h3-4,10-11,15,25H,5-9H2,1-2H3,(H,27,28). The van der Waals surface area contributed by atoms with Gasteiger partial charge < -0.3 is 20.0 Å². The Morgan fingerprint density at radius 2 is 1.86 bits per heavy atom. The van der Waals surface area contributed by atoms with Gasteiger partial charge in [0.2, 0.25) is 5.28 Å². The molecule has 2 N–H and O–H groups in total. The third-order valence-corrected chi connectivity index (χ3v) is 4.94. The van der Waals surface area contributed by atoms with Gasteiger partial charge in [-0.1, -0.05) is 13.8 Å². The molecule has 2 aromatic rings. The van der Waals surface area contributed by atoms with Crippen LogP contribution in [0.5, 0.6) is 0 Å². The molecule has 1 aliphatic rings. The lowest BCUT2D eigenvalue weighted by Gasteiger charge is -2.36. The Labute approximate surface area is 167 Å². The predicted molar refractivity (Wildman–Crippen MR) is 106 cm³/mol. The van der Waals surface area contributed by atoms with Gasteiger partial charge in [0.25, 0.3) is 5.91 Å². The number of piperazine rings is 1. The van der Waals surface area contributed by atoms with Crippen LogP contribution in [0, 0.1) is 5.92 Å². The van der Waals surface area contributed by atoms with Gasteiger partial charge in [-0.15, -0.1) is 0 Å². The fraction of sp³-hybridized carbons (Fsp3) is 0.474. The number of hydrogen-bond acceptors (Lipinski definition) is 6. The Bertz CT molecular complexity index is 897. The Morgan fingerprint density at radius 3 is 2.46 bits per heavy atom. The monoisotopic (exact) mass is 406 g/mol. The molecule has 2 heterocycles. The number of aliphatic hydroxyl groups excluding tert-OH is 1. The lowest BCUT2D eigenvalue weighted by molar-refractivity contribution is -0.141. The molecule has 8 nitrogen and oxygen atoms in total. The zero-order valence-electron chi connectivity index (χ0n) is 15.8. The maximum Gasteiger partial charge on any atom is 0.335 e. The number of nitrogens with zero attached hydrogens (tertiary/aromatic N) is 4. The van der Waals surface area contributed by atoms with Crippen molar-refractivity contribution in [1.82, 2.24) is 14.9 Å². The quantitative estimate of drug-likeness (QED) is 0.731. The fourth-order valence-electron chi connectivity index (χ4n) is 3.36. The Morgan fingerprint density at radius 1 is 1.18 bits per heavy atom. The molecule has 0 bridgehead atoms. The van der Waals surface area contributed by atoms with E-state index in [1.54, 1.807) is 11.0 Å². The maximum atomic E-state index is 12.4. The van der Waals surface area contributed by atoms with E-state index in [1.807, 2.05) is 18.7 Å².